The second-order valence-electron chi connectivity index (χ2n) is 19.1. The van der Waals surface area contributed by atoms with Crippen LogP contribution in [0, 0.1) is 0 Å². The predicted octanol–water partition coefficient (Wildman–Crippen LogP) is 8.60. The van der Waals surface area contributed by atoms with E-state index in [2.05, 4.69) is 56.7 Å². The SMILES string of the molecule is CC(=O)OCBr.CC(=O)OCOC(=O)[C@H](O)C[C@@H](Cc1ccc(-c2cccc(Cl)c2)cc1)NC(=O)c1ccc2nnn(O)c2c1.O=C(N[C@H](Cc1ccc(-c2cccc(Cl)c2)cc1)C[C@@H](O)C(=O)O)c1ccc2nnn(OCc3ccccc3)c2c1. The molecule has 0 aliphatic rings. The molecule has 4 atom stereocenters. The highest BCUT2D eigenvalue weighted by Crippen LogP contribution is 2.26. The molecule has 0 aliphatic heterocycles. The van der Waals surface area contributed by atoms with Crippen LogP contribution >= 0.6 is 39.1 Å². The molecule has 0 unspecified atom stereocenters. The Bertz CT molecular complexity index is 3780. The second-order valence-corrected chi connectivity index (χ2v) is 20.4. The van der Waals surface area contributed by atoms with Crippen molar-refractivity contribution < 1.29 is 68.3 Å². The summed E-state index contributed by atoms with van der Waals surface area (Å²) in [7, 11) is 0. The Hall–Kier alpha value is -9.26. The number of alkyl halides is 1. The summed E-state index contributed by atoms with van der Waals surface area (Å²) < 4.78 is 13.7. The lowest BCUT2D eigenvalue weighted by atomic mass is 9.97. The molecule has 2 heterocycles. The van der Waals surface area contributed by atoms with Gasteiger partial charge in [0.15, 0.2) is 12.2 Å². The van der Waals surface area contributed by atoms with Gasteiger partial charge >= 0.3 is 23.9 Å². The number of amides is 2. The summed E-state index contributed by atoms with van der Waals surface area (Å²) in [6.07, 6.45) is -2.99. The van der Waals surface area contributed by atoms with Gasteiger partial charge in [-0.1, -0.05) is 136 Å². The molecule has 9 rings (SSSR count). The first-order valence-corrected chi connectivity index (χ1v) is 28.2. The molecule has 0 spiro atoms. The fourth-order valence-corrected chi connectivity index (χ4v) is 9.17. The van der Waals surface area contributed by atoms with Crippen LogP contribution in [0.5, 0.6) is 0 Å². The van der Waals surface area contributed by atoms with E-state index in [1.54, 1.807) is 30.3 Å². The second kappa shape index (κ2) is 31.6. The highest BCUT2D eigenvalue weighted by Gasteiger charge is 2.26. The van der Waals surface area contributed by atoms with Crippen LogP contribution in [0.3, 0.4) is 0 Å². The number of hydrogen-bond acceptors (Lipinski definition) is 17. The van der Waals surface area contributed by atoms with Crippen molar-refractivity contribution in [3.63, 3.8) is 0 Å². The summed E-state index contributed by atoms with van der Waals surface area (Å²) in [6, 6.07) is 47.8. The van der Waals surface area contributed by atoms with E-state index in [0.29, 0.717) is 48.9 Å². The number of benzene rings is 7. The topological polar surface area (TPSA) is 306 Å². The number of rotatable bonds is 22. The number of carboxylic acids is 1. The molecule has 0 radical (unpaired) electrons. The largest absolute Gasteiger partial charge is 0.479 e. The summed E-state index contributed by atoms with van der Waals surface area (Å²) >= 11 is 15.1. The van der Waals surface area contributed by atoms with Gasteiger partial charge in [-0.3, -0.25) is 19.2 Å². The molecule has 2 amide bonds. The van der Waals surface area contributed by atoms with E-state index >= 15 is 0 Å². The third-order valence-electron chi connectivity index (χ3n) is 12.7. The molecular weight excluding hydrogens is 1220 g/mol. The molecule has 25 heteroatoms. The molecule has 0 bridgehead atoms. The Labute approximate surface area is 510 Å². The maximum atomic E-state index is 13.3. The number of aromatic nitrogens is 6. The molecule has 0 fully saturated rings. The molecule has 9 aromatic rings. The minimum Gasteiger partial charge on any atom is -0.479 e. The average Bonchev–Trinajstić information content (AvgIpc) is 3.42. The van der Waals surface area contributed by atoms with Gasteiger partial charge in [0.05, 0.1) is 0 Å². The molecule has 0 saturated heterocycles. The smallest absolute Gasteiger partial charge is 0.337 e. The minimum atomic E-state index is -1.63. The number of halogens is 3. The van der Waals surface area contributed by atoms with Crippen molar-refractivity contribution in [3.8, 4) is 22.3 Å². The Kier molecular flexibility index (Phi) is 23.6. The van der Waals surface area contributed by atoms with E-state index in [4.69, 9.17) is 32.8 Å². The number of carbonyl (C=O) groups is 6. The third kappa shape index (κ3) is 19.4. The van der Waals surface area contributed by atoms with Crippen LogP contribution in [0.2, 0.25) is 10.0 Å². The van der Waals surface area contributed by atoms with Crippen LogP contribution in [0.15, 0.2) is 164 Å². The number of carbonyl (C=O) groups excluding carboxylic acids is 5. The highest BCUT2D eigenvalue weighted by atomic mass is 79.9. The van der Waals surface area contributed by atoms with E-state index in [1.807, 2.05) is 115 Å². The molecule has 6 N–H and O–H groups in total. The van der Waals surface area contributed by atoms with Gasteiger partial charge in [0.1, 0.15) is 34.2 Å². The number of nitrogens with one attached hydrogen (secondary N) is 2. The zero-order valence-corrected chi connectivity index (χ0v) is 49.1. The molecule has 86 heavy (non-hydrogen) atoms. The highest BCUT2D eigenvalue weighted by molar-refractivity contribution is 9.09. The number of fused-ring (bicyclic) bond motifs is 2. The fourth-order valence-electron chi connectivity index (χ4n) is 8.47. The maximum absolute atomic E-state index is 13.3. The number of hydrogen-bond donors (Lipinski definition) is 6. The van der Waals surface area contributed by atoms with E-state index in [-0.39, 0.29) is 42.9 Å². The fraction of sp³-hybridized carbons (Fsp3) is 0.213. The van der Waals surface area contributed by atoms with Gasteiger partial charge in [-0.05, 0) is 139 Å². The molecule has 22 nitrogen and oxygen atoms in total. The zero-order chi connectivity index (χ0) is 61.7. The monoisotopic (exact) mass is 1270 g/mol. The molecule has 0 aliphatic carbocycles. The lowest BCUT2D eigenvalue weighted by Gasteiger charge is -2.21. The number of nitrogens with zero attached hydrogens (tertiary/aromatic N) is 6. The first-order chi connectivity index (χ1) is 41.3. The zero-order valence-electron chi connectivity index (χ0n) is 46.0. The van der Waals surface area contributed by atoms with E-state index in [9.17, 15) is 49.3 Å². The van der Waals surface area contributed by atoms with Crippen LogP contribution in [0.25, 0.3) is 44.3 Å². The Balaban J connectivity index is 0.000000225. The summed E-state index contributed by atoms with van der Waals surface area (Å²) in [5.41, 5.74) is 8.99. The standard InChI is InChI=1S/C31H27ClN4O5.C27H25ClN4O7.C3H5BrO2/c32-25-8-4-7-23(16-25)22-11-9-20(10-12-22)15-26(18-29(37)31(39)40)33-30(38)24-13-14-27-28(17-24)36(35-34-27)41-19-21-5-2-1-3-6-21;1-16(33)38-15-39-27(36)25(34)14-22(29-26(35)20-9-10-23-24(13-20)32(37)31-30-23)11-17-5-7-18(8-6-17)19-3-2-4-21(28)12-19;1-3(5)6-2-4/h1-14,16-17,26,29,37H,15,18-19H2,(H,33,38)(H,39,40);2-10,12-13,22,25,34,37H,11,14-15H2,1H3,(H,29,35);2H2,1H3/t26-,29-;22-,25-;/m11./s1. The number of aliphatic hydroxyl groups excluding tert-OH is 2. The van der Waals surface area contributed by atoms with Crippen LogP contribution < -0.4 is 15.5 Å². The summed E-state index contributed by atoms with van der Waals surface area (Å²) in [5, 5.41) is 62.0. The first-order valence-electron chi connectivity index (χ1n) is 26.3. The van der Waals surface area contributed by atoms with Gasteiger partial charge in [-0.2, -0.15) is 0 Å². The van der Waals surface area contributed by atoms with Crippen molar-refractivity contribution in [1.82, 2.24) is 40.9 Å². The molecule has 0 saturated carbocycles. The number of ether oxygens (including phenoxy) is 3. The number of aliphatic hydroxyl groups is 2. The van der Waals surface area contributed by atoms with Crippen molar-refractivity contribution in [3.05, 3.63) is 202 Å². The van der Waals surface area contributed by atoms with E-state index < -0.39 is 60.8 Å². The van der Waals surface area contributed by atoms with Crippen molar-refractivity contribution in [2.24, 2.45) is 0 Å². The lowest BCUT2D eigenvalue weighted by Crippen LogP contribution is -2.41. The van der Waals surface area contributed by atoms with Crippen molar-refractivity contribution >= 4 is 96.9 Å². The van der Waals surface area contributed by atoms with Gasteiger partial charge in [-0.15, -0.1) is 10.2 Å². The first kappa shape index (κ1) is 64.3. The van der Waals surface area contributed by atoms with Gasteiger partial charge < -0.3 is 50.2 Å². The maximum Gasteiger partial charge on any atom is 0.337 e. The summed E-state index contributed by atoms with van der Waals surface area (Å²) in [4.78, 5) is 78.3. The predicted molar refractivity (Wildman–Crippen MR) is 320 cm³/mol. The van der Waals surface area contributed by atoms with Gasteiger partial charge in [0.25, 0.3) is 11.8 Å². The van der Waals surface area contributed by atoms with Crippen LogP contribution in [-0.4, -0.2) is 123 Å². The molecule has 2 aromatic heterocycles. The Morgan fingerprint density at radius 2 is 1.06 bits per heavy atom. The van der Waals surface area contributed by atoms with Crippen molar-refractivity contribution in [2.75, 3.05) is 12.3 Å². The average molecular weight is 1280 g/mol. The Morgan fingerprint density at radius 3 is 1.55 bits per heavy atom. The third-order valence-corrected chi connectivity index (χ3v) is 13.4. The molecule has 446 valence electrons. The molecule has 7 aromatic carbocycles. The van der Waals surface area contributed by atoms with Crippen LogP contribution in [-0.2, 0) is 52.8 Å². The number of aliphatic carboxylic acids is 1. The Morgan fingerprint density at radius 1 is 0.558 bits per heavy atom. The normalized spacial score (nSPS) is 12.2. The lowest BCUT2D eigenvalue weighted by molar-refractivity contribution is -0.172. The van der Waals surface area contributed by atoms with Gasteiger partial charge in [-0.25, -0.2) is 9.59 Å². The molecular formula is C61H57BrCl2N8O14. The van der Waals surface area contributed by atoms with Crippen LogP contribution in [0.1, 0.15) is 64.1 Å². The quantitative estimate of drug-likeness (QED) is 0.0160. The summed E-state index contributed by atoms with van der Waals surface area (Å²) in [5.74, 6) is -4.18. The summed E-state index contributed by atoms with van der Waals surface area (Å²) in [6.45, 7) is 2.16. The van der Waals surface area contributed by atoms with E-state index in [0.717, 1.165) is 45.9 Å². The number of esters is 3. The van der Waals surface area contributed by atoms with Gasteiger partial charge in [0, 0.05) is 59.9 Å². The van der Waals surface area contributed by atoms with Crippen LogP contribution in [0.4, 0.5) is 0 Å². The minimum absolute atomic E-state index is 0.168. The van der Waals surface area contributed by atoms with Gasteiger partial charge in [0.2, 0.25) is 6.79 Å². The van der Waals surface area contributed by atoms with Crippen molar-refractivity contribution in [2.45, 2.75) is 70.4 Å². The van der Waals surface area contributed by atoms with Crippen molar-refractivity contribution in [1.29, 1.82) is 0 Å². The number of carboxylic acid groups (broad SMARTS) is 1. The van der Waals surface area contributed by atoms with E-state index in [1.165, 1.54) is 30.0 Å².